The molecule has 222 valence electrons. The highest BCUT2D eigenvalue weighted by atomic mass is 15.1. The summed E-state index contributed by atoms with van der Waals surface area (Å²) in [7, 11) is 0. The first kappa shape index (κ1) is 26.9. The van der Waals surface area contributed by atoms with Gasteiger partial charge in [-0.05, 0) is 72.0 Å². The largest absolute Gasteiger partial charge is 0.284 e. The molecule has 0 atom stereocenters. The number of rotatable bonds is 5. The molecule has 0 saturated heterocycles. The number of imidazole rings is 1. The SMILES string of the molecule is C1=C(c2ccc(-c3nc4c(nc5ccccn54)c4ccccc34)cc2)C=C(c2nc(-c3ccccn3)nc(-c3ccccn3)n2)CC1. The third kappa shape index (κ3) is 4.83. The molecule has 0 spiro atoms. The van der Waals surface area contributed by atoms with E-state index >= 15 is 0 Å². The van der Waals surface area contributed by atoms with E-state index in [2.05, 4.69) is 75.1 Å². The zero-order chi connectivity index (χ0) is 31.2. The zero-order valence-corrected chi connectivity index (χ0v) is 25.2. The summed E-state index contributed by atoms with van der Waals surface area (Å²) in [5.74, 6) is 1.70. The van der Waals surface area contributed by atoms with Crippen LogP contribution in [0.2, 0.25) is 0 Å². The summed E-state index contributed by atoms with van der Waals surface area (Å²) in [6.45, 7) is 0. The Balaban J connectivity index is 1.10. The van der Waals surface area contributed by atoms with E-state index in [9.17, 15) is 0 Å². The summed E-state index contributed by atoms with van der Waals surface area (Å²) in [5.41, 5.74) is 9.33. The van der Waals surface area contributed by atoms with Gasteiger partial charge in [0.1, 0.15) is 22.6 Å². The summed E-state index contributed by atoms with van der Waals surface area (Å²) >= 11 is 0. The normalized spacial score (nSPS) is 13.2. The number of nitrogens with zero attached hydrogens (tertiary/aromatic N) is 8. The van der Waals surface area contributed by atoms with E-state index in [0.717, 1.165) is 68.4 Å². The standard InChI is InChI=1S/C39H26N8/c1-2-13-30-29(12-1)34(43-39-35(30)42-33-16-5-8-23-47(33)39)26-19-17-25(18-20-26)27-10-9-11-28(24-27)36-44-37(31-14-3-6-21-40-31)46-38(45-36)32-15-4-7-22-41-32/h1-8,10,12-24H,9,11H2. The van der Waals surface area contributed by atoms with Crippen molar-refractivity contribution >= 4 is 38.7 Å². The highest BCUT2D eigenvalue weighted by Crippen LogP contribution is 2.35. The molecule has 0 aliphatic heterocycles. The second-order valence-corrected chi connectivity index (χ2v) is 11.4. The molecule has 0 unspecified atom stereocenters. The fraction of sp³-hybridized carbons (Fsp3) is 0.0513. The molecule has 47 heavy (non-hydrogen) atoms. The van der Waals surface area contributed by atoms with Gasteiger partial charge in [-0.15, -0.1) is 0 Å². The van der Waals surface area contributed by atoms with Gasteiger partial charge < -0.3 is 0 Å². The maximum atomic E-state index is 5.16. The van der Waals surface area contributed by atoms with Crippen LogP contribution < -0.4 is 0 Å². The Morgan fingerprint density at radius 1 is 0.553 bits per heavy atom. The average molecular weight is 607 g/mol. The molecule has 0 saturated carbocycles. The lowest BCUT2D eigenvalue weighted by Crippen LogP contribution is -2.05. The van der Waals surface area contributed by atoms with Crippen LogP contribution in [0.25, 0.3) is 73.0 Å². The minimum atomic E-state index is 0.528. The van der Waals surface area contributed by atoms with Gasteiger partial charge in [-0.25, -0.2) is 24.9 Å². The fourth-order valence-electron chi connectivity index (χ4n) is 6.19. The summed E-state index contributed by atoms with van der Waals surface area (Å²) < 4.78 is 2.05. The number of allylic oxidation sites excluding steroid dienone is 4. The van der Waals surface area contributed by atoms with Crippen molar-refractivity contribution in [2.45, 2.75) is 12.8 Å². The number of hydrogen-bond acceptors (Lipinski definition) is 7. The van der Waals surface area contributed by atoms with E-state index in [4.69, 9.17) is 24.9 Å². The molecule has 0 N–H and O–H groups in total. The topological polar surface area (TPSA) is 94.6 Å². The van der Waals surface area contributed by atoms with E-state index in [1.54, 1.807) is 12.4 Å². The molecule has 2 aromatic carbocycles. The molecular formula is C39H26N8. The molecule has 0 fully saturated rings. The van der Waals surface area contributed by atoms with Gasteiger partial charge >= 0.3 is 0 Å². The average Bonchev–Trinajstić information content (AvgIpc) is 3.54. The second-order valence-electron chi connectivity index (χ2n) is 11.4. The molecule has 0 radical (unpaired) electrons. The molecule has 6 aromatic heterocycles. The van der Waals surface area contributed by atoms with Gasteiger partial charge in [0, 0.05) is 34.9 Å². The molecule has 8 aromatic rings. The van der Waals surface area contributed by atoms with Crippen molar-refractivity contribution in [3.05, 3.63) is 145 Å². The van der Waals surface area contributed by atoms with E-state index < -0.39 is 0 Å². The second kappa shape index (κ2) is 11.2. The van der Waals surface area contributed by atoms with Crippen molar-refractivity contribution in [3.63, 3.8) is 0 Å². The van der Waals surface area contributed by atoms with Crippen molar-refractivity contribution in [2.24, 2.45) is 0 Å². The zero-order valence-electron chi connectivity index (χ0n) is 25.2. The maximum Gasteiger partial charge on any atom is 0.182 e. The van der Waals surface area contributed by atoms with Crippen LogP contribution in [0.1, 0.15) is 24.2 Å². The van der Waals surface area contributed by atoms with E-state index in [0.29, 0.717) is 28.9 Å². The molecule has 6 heterocycles. The lowest BCUT2D eigenvalue weighted by molar-refractivity contribution is 0.969. The van der Waals surface area contributed by atoms with Crippen molar-refractivity contribution in [2.75, 3.05) is 0 Å². The molecule has 8 heteroatoms. The number of benzene rings is 2. The Morgan fingerprint density at radius 2 is 1.21 bits per heavy atom. The smallest absolute Gasteiger partial charge is 0.182 e. The van der Waals surface area contributed by atoms with Crippen LogP contribution in [-0.2, 0) is 0 Å². The van der Waals surface area contributed by atoms with Crippen molar-refractivity contribution < 1.29 is 0 Å². The van der Waals surface area contributed by atoms with Gasteiger partial charge in [0.25, 0.3) is 0 Å². The minimum Gasteiger partial charge on any atom is -0.284 e. The summed E-state index contributed by atoms with van der Waals surface area (Å²) in [5, 5.41) is 2.17. The quantitative estimate of drug-likeness (QED) is 0.195. The Labute approximate surface area is 269 Å². The van der Waals surface area contributed by atoms with Crippen molar-refractivity contribution in [3.8, 4) is 34.3 Å². The number of aromatic nitrogens is 8. The fourth-order valence-corrected chi connectivity index (χ4v) is 6.19. The molecule has 0 amide bonds. The van der Waals surface area contributed by atoms with Gasteiger partial charge in [-0.2, -0.15) is 0 Å². The molecule has 0 bridgehead atoms. The van der Waals surface area contributed by atoms with Crippen molar-refractivity contribution in [1.29, 1.82) is 0 Å². The lowest BCUT2D eigenvalue weighted by Gasteiger charge is -2.15. The predicted octanol–water partition coefficient (Wildman–Crippen LogP) is 8.27. The van der Waals surface area contributed by atoms with Crippen LogP contribution in [0.5, 0.6) is 0 Å². The van der Waals surface area contributed by atoms with Gasteiger partial charge in [-0.3, -0.25) is 14.4 Å². The molecule has 9 rings (SSSR count). The van der Waals surface area contributed by atoms with Crippen LogP contribution in [0.4, 0.5) is 0 Å². The monoisotopic (exact) mass is 606 g/mol. The highest BCUT2D eigenvalue weighted by molar-refractivity contribution is 6.09. The Morgan fingerprint density at radius 3 is 1.94 bits per heavy atom. The van der Waals surface area contributed by atoms with Gasteiger partial charge in [-0.1, -0.05) is 72.8 Å². The van der Waals surface area contributed by atoms with Crippen molar-refractivity contribution in [1.82, 2.24) is 39.3 Å². The molecule has 1 aliphatic rings. The van der Waals surface area contributed by atoms with Gasteiger partial charge in [0.15, 0.2) is 23.1 Å². The first-order valence-electron chi connectivity index (χ1n) is 15.5. The van der Waals surface area contributed by atoms with Crippen LogP contribution in [0, 0.1) is 0 Å². The third-order valence-corrected chi connectivity index (χ3v) is 8.47. The first-order valence-corrected chi connectivity index (χ1v) is 15.5. The van der Waals surface area contributed by atoms with E-state index in [1.165, 1.54) is 0 Å². The lowest BCUT2D eigenvalue weighted by atomic mass is 9.93. The van der Waals surface area contributed by atoms with Crippen LogP contribution in [-0.4, -0.2) is 39.3 Å². The Bertz CT molecular complexity index is 2440. The first-order chi connectivity index (χ1) is 23.3. The predicted molar refractivity (Wildman–Crippen MR) is 185 cm³/mol. The van der Waals surface area contributed by atoms with Gasteiger partial charge in [0.05, 0.1) is 5.69 Å². The number of fused-ring (bicyclic) bond motifs is 5. The maximum absolute atomic E-state index is 5.16. The summed E-state index contributed by atoms with van der Waals surface area (Å²) in [4.78, 5) is 33.6. The number of pyridine rings is 4. The Hall–Kier alpha value is -6.41. The highest BCUT2D eigenvalue weighted by Gasteiger charge is 2.18. The third-order valence-electron chi connectivity index (χ3n) is 8.47. The van der Waals surface area contributed by atoms with Gasteiger partial charge in [0.2, 0.25) is 0 Å². The molecule has 8 nitrogen and oxygen atoms in total. The van der Waals surface area contributed by atoms with E-state index in [1.807, 2.05) is 60.8 Å². The Kier molecular flexibility index (Phi) is 6.41. The summed E-state index contributed by atoms with van der Waals surface area (Å²) in [6.07, 6.45) is 11.7. The summed E-state index contributed by atoms with van der Waals surface area (Å²) in [6, 6.07) is 34.5. The minimum absolute atomic E-state index is 0.528. The molecular weight excluding hydrogens is 580 g/mol. The van der Waals surface area contributed by atoms with Crippen LogP contribution in [0.15, 0.2) is 134 Å². The number of hydrogen-bond donors (Lipinski definition) is 0. The van der Waals surface area contributed by atoms with Crippen LogP contribution in [0.3, 0.4) is 0 Å². The van der Waals surface area contributed by atoms with Crippen LogP contribution >= 0.6 is 0 Å². The van der Waals surface area contributed by atoms with E-state index in [-0.39, 0.29) is 0 Å². The molecule has 1 aliphatic carbocycles.